The van der Waals surface area contributed by atoms with E-state index in [1.54, 1.807) is 12.5 Å². The summed E-state index contributed by atoms with van der Waals surface area (Å²) in [4.78, 5) is 11.2. The molecular formula is C9H15N3. The van der Waals surface area contributed by atoms with Gasteiger partial charge in [0.15, 0.2) is 0 Å². The molecule has 0 spiro atoms. The molecule has 0 aromatic carbocycles. The molecule has 0 unspecified atom stereocenters. The number of aromatic amines is 1. The van der Waals surface area contributed by atoms with Crippen LogP contribution in [0.25, 0.3) is 11.0 Å². The average Bonchev–Trinajstić information content (AvgIpc) is 2.54. The van der Waals surface area contributed by atoms with E-state index < -0.39 is 0 Å². The summed E-state index contributed by atoms with van der Waals surface area (Å²) in [5.41, 5.74) is 2.97. The maximum absolute atomic E-state index is 4.11. The lowest BCUT2D eigenvalue weighted by Crippen LogP contribution is -1.78. The predicted molar refractivity (Wildman–Crippen MR) is 52.1 cm³/mol. The zero-order valence-corrected chi connectivity index (χ0v) is 7.63. The third-order valence-corrected chi connectivity index (χ3v) is 1.44. The smallest absolute Gasteiger partial charge is 0.0932 e. The van der Waals surface area contributed by atoms with E-state index in [0.29, 0.717) is 0 Å². The molecule has 0 aliphatic carbocycles. The van der Waals surface area contributed by atoms with Crippen molar-refractivity contribution in [3.05, 3.63) is 24.3 Å². The minimum absolute atomic E-state index is 0. The number of rotatable bonds is 0. The zero-order chi connectivity index (χ0) is 8.97. The number of aromatic nitrogens is 3. The summed E-state index contributed by atoms with van der Waals surface area (Å²) < 4.78 is 0. The molecule has 66 valence electrons. The molecule has 0 radical (unpaired) electrons. The van der Waals surface area contributed by atoms with Crippen LogP contribution in [0.4, 0.5) is 0 Å². The largest absolute Gasteiger partial charge is 0.343 e. The van der Waals surface area contributed by atoms with Crippen molar-refractivity contribution in [2.24, 2.45) is 0 Å². The Hall–Kier alpha value is -1.38. The minimum atomic E-state index is 0. The first-order valence-electron chi connectivity index (χ1n) is 4.12. The summed E-state index contributed by atoms with van der Waals surface area (Å²) >= 11 is 0. The average molecular weight is 165 g/mol. The van der Waals surface area contributed by atoms with Crippen LogP contribution in [0.5, 0.6) is 0 Å². The Bertz CT molecular complexity index is 356. The Kier molecular flexibility index (Phi) is 2.80. The van der Waals surface area contributed by atoms with Crippen LogP contribution in [0.3, 0.4) is 0 Å². The highest BCUT2D eigenvalue weighted by molar-refractivity contribution is 5.73. The summed E-state index contributed by atoms with van der Waals surface area (Å²) in [6, 6.07) is 1.95. The summed E-state index contributed by atoms with van der Waals surface area (Å²) in [7, 11) is 0. The van der Waals surface area contributed by atoms with Crippen molar-refractivity contribution >= 4 is 11.0 Å². The molecule has 0 atom stereocenters. The Labute approximate surface area is 73.3 Å². The van der Waals surface area contributed by atoms with E-state index in [1.807, 2.05) is 26.8 Å². The zero-order valence-electron chi connectivity index (χ0n) is 7.63. The van der Waals surface area contributed by atoms with Crippen LogP contribution < -0.4 is 0 Å². The van der Waals surface area contributed by atoms with Crippen molar-refractivity contribution in [2.75, 3.05) is 0 Å². The normalized spacial score (nSPS) is 9.25. The monoisotopic (exact) mass is 165 g/mol. The first-order valence-corrected chi connectivity index (χ1v) is 4.12. The second-order valence-corrected chi connectivity index (χ2v) is 2.25. The number of imidazole rings is 1. The first-order chi connectivity index (χ1) is 5.86. The van der Waals surface area contributed by atoms with Gasteiger partial charge >= 0.3 is 0 Å². The molecule has 2 heterocycles. The highest BCUT2D eigenvalue weighted by Crippen LogP contribution is 2.06. The molecule has 3 heteroatoms. The number of pyridine rings is 1. The number of hydrogen-bond acceptors (Lipinski definition) is 2. The Morgan fingerprint density at radius 2 is 2.08 bits per heavy atom. The lowest BCUT2D eigenvalue weighted by Gasteiger charge is -1.88. The summed E-state index contributed by atoms with van der Waals surface area (Å²) in [6.07, 6.45) is 3.46. The molecule has 2 rings (SSSR count). The minimum Gasteiger partial charge on any atom is -0.343 e. The highest BCUT2D eigenvalue weighted by Gasteiger charge is 1.93. The molecule has 0 saturated heterocycles. The Balaban J connectivity index is 0.000000451. The fourth-order valence-electron chi connectivity index (χ4n) is 0.935. The van der Waals surface area contributed by atoms with Gasteiger partial charge in [-0.2, -0.15) is 0 Å². The van der Waals surface area contributed by atoms with Crippen molar-refractivity contribution in [2.45, 2.75) is 20.8 Å². The number of fused-ring (bicyclic) bond motifs is 1. The number of nitrogens with one attached hydrogen (secondary N) is 1. The molecule has 2 aromatic heterocycles. The molecule has 2 aromatic rings. The molecule has 0 amide bonds. The van der Waals surface area contributed by atoms with E-state index in [1.165, 1.54) is 0 Å². The van der Waals surface area contributed by atoms with E-state index in [9.17, 15) is 0 Å². The standard InChI is InChI=1S/C7H7N3.C2H6.H2/c1-5-2-6-7(3-8-5)10-4-9-6;1-2;/h2-4H,1H3,(H,9,10);1-2H3;1H. The molecule has 12 heavy (non-hydrogen) atoms. The second kappa shape index (κ2) is 3.85. The van der Waals surface area contributed by atoms with Crippen LogP contribution in [0.2, 0.25) is 0 Å². The van der Waals surface area contributed by atoms with Crippen molar-refractivity contribution in [3.63, 3.8) is 0 Å². The maximum Gasteiger partial charge on any atom is 0.0932 e. The molecule has 0 fully saturated rings. The van der Waals surface area contributed by atoms with E-state index in [0.717, 1.165) is 16.7 Å². The van der Waals surface area contributed by atoms with Gasteiger partial charge in [-0.25, -0.2) is 4.98 Å². The molecule has 0 aliphatic rings. The van der Waals surface area contributed by atoms with Gasteiger partial charge < -0.3 is 4.98 Å². The van der Waals surface area contributed by atoms with Crippen LogP contribution in [0.15, 0.2) is 18.6 Å². The van der Waals surface area contributed by atoms with E-state index in [2.05, 4.69) is 15.0 Å². The van der Waals surface area contributed by atoms with Crippen molar-refractivity contribution in [1.82, 2.24) is 15.0 Å². The van der Waals surface area contributed by atoms with Crippen LogP contribution >= 0.6 is 0 Å². The van der Waals surface area contributed by atoms with Crippen LogP contribution in [-0.4, -0.2) is 15.0 Å². The van der Waals surface area contributed by atoms with Gasteiger partial charge in [0.1, 0.15) is 0 Å². The highest BCUT2D eigenvalue weighted by atomic mass is 14.9. The Morgan fingerprint density at radius 3 is 2.83 bits per heavy atom. The predicted octanol–water partition coefficient (Wildman–Crippen LogP) is 2.54. The van der Waals surface area contributed by atoms with Crippen molar-refractivity contribution in [1.29, 1.82) is 0 Å². The Morgan fingerprint density at radius 1 is 1.33 bits per heavy atom. The quantitative estimate of drug-likeness (QED) is 0.651. The summed E-state index contributed by atoms with van der Waals surface area (Å²) in [6.45, 7) is 5.95. The molecule has 0 saturated carbocycles. The molecule has 0 bridgehead atoms. The van der Waals surface area contributed by atoms with E-state index in [4.69, 9.17) is 0 Å². The molecule has 0 aliphatic heterocycles. The van der Waals surface area contributed by atoms with Gasteiger partial charge in [-0.3, -0.25) is 4.98 Å². The summed E-state index contributed by atoms with van der Waals surface area (Å²) in [5.74, 6) is 0. The third kappa shape index (κ3) is 1.61. The van der Waals surface area contributed by atoms with Gasteiger partial charge in [-0.1, -0.05) is 13.8 Å². The fourth-order valence-corrected chi connectivity index (χ4v) is 0.935. The van der Waals surface area contributed by atoms with Crippen molar-refractivity contribution < 1.29 is 1.43 Å². The first kappa shape index (κ1) is 8.71. The lowest BCUT2D eigenvalue weighted by atomic mass is 10.3. The van der Waals surface area contributed by atoms with Gasteiger partial charge in [0, 0.05) is 7.12 Å². The van der Waals surface area contributed by atoms with Gasteiger partial charge in [-0.15, -0.1) is 0 Å². The molecule has 3 nitrogen and oxygen atoms in total. The molecule has 1 N–H and O–H groups in total. The van der Waals surface area contributed by atoms with Crippen molar-refractivity contribution in [3.8, 4) is 0 Å². The van der Waals surface area contributed by atoms with Crippen LogP contribution in [0.1, 0.15) is 21.0 Å². The third-order valence-electron chi connectivity index (χ3n) is 1.44. The van der Waals surface area contributed by atoms with Gasteiger partial charge in [-0.05, 0) is 13.0 Å². The number of H-pyrrole nitrogens is 1. The van der Waals surface area contributed by atoms with Crippen LogP contribution in [0, 0.1) is 6.92 Å². The summed E-state index contributed by atoms with van der Waals surface area (Å²) in [5, 5.41) is 0. The SMILES string of the molecule is CC.Cc1cc2nc[nH]c2cn1.[HH]. The fraction of sp³-hybridized carbons (Fsp3) is 0.333. The molecular weight excluding hydrogens is 150 g/mol. The van der Waals surface area contributed by atoms with Gasteiger partial charge in [0.25, 0.3) is 0 Å². The topological polar surface area (TPSA) is 41.6 Å². The second-order valence-electron chi connectivity index (χ2n) is 2.25. The maximum atomic E-state index is 4.11. The number of hydrogen-bond donors (Lipinski definition) is 1. The van der Waals surface area contributed by atoms with Gasteiger partial charge in [0.05, 0.1) is 23.6 Å². The number of aryl methyl sites for hydroxylation is 1. The van der Waals surface area contributed by atoms with E-state index >= 15 is 0 Å². The lowest BCUT2D eigenvalue weighted by molar-refractivity contribution is 1.22. The number of nitrogens with zero attached hydrogens (tertiary/aromatic N) is 2. The van der Waals surface area contributed by atoms with E-state index in [-0.39, 0.29) is 1.43 Å². The van der Waals surface area contributed by atoms with Crippen LogP contribution in [-0.2, 0) is 0 Å². The van der Waals surface area contributed by atoms with Gasteiger partial charge in [0.2, 0.25) is 0 Å².